The zero-order valence-electron chi connectivity index (χ0n) is 5.91. The summed E-state index contributed by atoms with van der Waals surface area (Å²) in [5.41, 5.74) is 3.23. The van der Waals surface area contributed by atoms with Crippen molar-refractivity contribution < 1.29 is 0 Å². The first kappa shape index (κ1) is 7.02. The summed E-state index contributed by atoms with van der Waals surface area (Å²) in [6, 6.07) is 0. The molecule has 0 aliphatic heterocycles. The first-order valence-corrected chi connectivity index (χ1v) is 3.22. The maximum absolute atomic E-state index is 5.03. The number of hydrazine groups is 1. The van der Waals surface area contributed by atoms with Gasteiger partial charge >= 0.3 is 0 Å². The van der Waals surface area contributed by atoms with Gasteiger partial charge in [-0.1, -0.05) is 25.2 Å². The van der Waals surface area contributed by atoms with Gasteiger partial charge in [0.15, 0.2) is 0 Å². The second kappa shape index (κ2) is 3.17. The van der Waals surface area contributed by atoms with E-state index < -0.39 is 0 Å². The molecule has 10 heavy (non-hydrogen) atoms. The van der Waals surface area contributed by atoms with Crippen molar-refractivity contribution in [1.82, 2.24) is 5.53 Å². The van der Waals surface area contributed by atoms with Crippen LogP contribution in [0.1, 0.15) is 6.92 Å². The highest BCUT2D eigenvalue weighted by Gasteiger charge is 2.05. The molecule has 0 fully saturated rings. The lowest BCUT2D eigenvalue weighted by atomic mass is 10.0. The minimum absolute atomic E-state index is 0.362. The van der Waals surface area contributed by atoms with Gasteiger partial charge in [0.25, 0.3) is 0 Å². The number of allylic oxidation sites excluding steroid dienone is 4. The summed E-state index contributed by atoms with van der Waals surface area (Å²) in [6.07, 6.45) is 7.94. The molecule has 3 nitrogen and oxygen atoms in total. The predicted molar refractivity (Wildman–Crippen MR) is 42.2 cm³/mol. The lowest BCUT2D eigenvalue weighted by Crippen LogP contribution is -2.19. The first-order chi connectivity index (χ1) is 4.84. The first-order valence-electron chi connectivity index (χ1n) is 3.22. The Balaban J connectivity index is 2.70. The molecule has 0 bridgehead atoms. The summed E-state index contributed by atoms with van der Waals surface area (Å²) in [5, 5.41) is 3.87. The van der Waals surface area contributed by atoms with E-state index in [1.165, 1.54) is 0 Å². The van der Waals surface area contributed by atoms with Crippen molar-refractivity contribution in [2.75, 3.05) is 0 Å². The van der Waals surface area contributed by atoms with Gasteiger partial charge in [-0.3, -0.25) is 0 Å². The van der Waals surface area contributed by atoms with E-state index in [2.05, 4.69) is 23.6 Å². The molecular formula is C7H11N3. The largest absolute Gasteiger partial charge is 0.245 e. The highest BCUT2D eigenvalue weighted by Crippen LogP contribution is 2.06. The number of hydrogen-bond donors (Lipinski definition) is 2. The Morgan fingerprint density at radius 3 is 3.00 bits per heavy atom. The van der Waals surface area contributed by atoms with E-state index in [-0.39, 0.29) is 0 Å². The van der Waals surface area contributed by atoms with Gasteiger partial charge in [0.05, 0.1) is 5.71 Å². The lowest BCUT2D eigenvalue weighted by Gasteiger charge is -2.08. The topological polar surface area (TPSA) is 50.4 Å². The smallest absolute Gasteiger partial charge is 0.0684 e. The number of nitrogens with zero attached hydrogens (tertiary/aromatic N) is 1. The van der Waals surface area contributed by atoms with Gasteiger partial charge in [-0.2, -0.15) is 5.10 Å². The molecule has 54 valence electrons. The van der Waals surface area contributed by atoms with Crippen LogP contribution in [-0.4, -0.2) is 5.71 Å². The molecule has 1 aliphatic carbocycles. The van der Waals surface area contributed by atoms with Crippen molar-refractivity contribution in [1.29, 1.82) is 0 Å². The molecule has 0 aromatic heterocycles. The van der Waals surface area contributed by atoms with E-state index in [0.29, 0.717) is 5.92 Å². The molecule has 3 N–H and O–H groups in total. The van der Waals surface area contributed by atoms with Crippen molar-refractivity contribution in [3.8, 4) is 0 Å². The minimum atomic E-state index is 0.362. The summed E-state index contributed by atoms with van der Waals surface area (Å²) in [7, 11) is 0. The number of nitrogens with two attached hydrogens (primary N) is 1. The van der Waals surface area contributed by atoms with Crippen molar-refractivity contribution >= 4 is 5.71 Å². The Bertz CT molecular complexity index is 191. The van der Waals surface area contributed by atoms with Crippen LogP contribution >= 0.6 is 0 Å². The fraction of sp³-hybridized carbons (Fsp3) is 0.286. The van der Waals surface area contributed by atoms with Gasteiger partial charge in [-0.05, 0) is 6.08 Å². The van der Waals surface area contributed by atoms with Gasteiger partial charge < -0.3 is 0 Å². The zero-order valence-corrected chi connectivity index (χ0v) is 5.91. The Kier molecular flexibility index (Phi) is 2.23. The standard InChI is InChI=1S/C7H11N3/c1-6-4-2-3-5-7(6)9-10-8/h2-6,10H,8H2,1H3. The van der Waals surface area contributed by atoms with Crippen LogP contribution in [0.4, 0.5) is 0 Å². The van der Waals surface area contributed by atoms with Crippen molar-refractivity contribution in [2.45, 2.75) is 6.92 Å². The summed E-state index contributed by atoms with van der Waals surface area (Å²) in [4.78, 5) is 0. The highest BCUT2D eigenvalue weighted by atomic mass is 15.5. The monoisotopic (exact) mass is 137 g/mol. The van der Waals surface area contributed by atoms with Gasteiger partial charge in [-0.15, -0.1) is 0 Å². The molecule has 0 radical (unpaired) electrons. The second-order valence-electron chi connectivity index (χ2n) is 2.20. The van der Waals surface area contributed by atoms with Crippen LogP contribution in [0.2, 0.25) is 0 Å². The number of hydrazone groups is 1. The summed E-state index contributed by atoms with van der Waals surface area (Å²) in [5.74, 6) is 5.39. The average Bonchev–Trinajstić information content (AvgIpc) is 1.94. The summed E-state index contributed by atoms with van der Waals surface area (Å²) in [6.45, 7) is 2.07. The number of hydrogen-bond acceptors (Lipinski definition) is 3. The van der Waals surface area contributed by atoms with Gasteiger partial charge in [-0.25, -0.2) is 11.4 Å². The van der Waals surface area contributed by atoms with E-state index in [1.54, 1.807) is 0 Å². The molecule has 0 amide bonds. The van der Waals surface area contributed by atoms with Gasteiger partial charge in [0.2, 0.25) is 0 Å². The predicted octanol–water partition coefficient (Wildman–Crippen LogP) is 0.568. The average molecular weight is 137 g/mol. The zero-order chi connectivity index (χ0) is 7.40. The molecular weight excluding hydrogens is 126 g/mol. The number of rotatable bonds is 1. The van der Waals surface area contributed by atoms with Crippen molar-refractivity contribution in [3.63, 3.8) is 0 Å². The van der Waals surface area contributed by atoms with Crippen LogP contribution in [0.15, 0.2) is 29.4 Å². The molecule has 1 rings (SSSR count). The van der Waals surface area contributed by atoms with E-state index >= 15 is 0 Å². The second-order valence-corrected chi connectivity index (χ2v) is 2.20. The molecule has 3 heteroatoms. The Labute approximate surface area is 60.3 Å². The van der Waals surface area contributed by atoms with Crippen LogP contribution in [-0.2, 0) is 0 Å². The fourth-order valence-electron chi connectivity index (χ4n) is 0.849. The highest BCUT2D eigenvalue weighted by molar-refractivity contribution is 5.98. The SMILES string of the molecule is CC1C=CC=CC1=NNN. The molecule has 0 spiro atoms. The minimum Gasteiger partial charge on any atom is -0.245 e. The third-order valence-corrected chi connectivity index (χ3v) is 1.44. The van der Waals surface area contributed by atoms with Crippen LogP contribution in [0.5, 0.6) is 0 Å². The number of nitrogens with one attached hydrogen (secondary N) is 1. The lowest BCUT2D eigenvalue weighted by molar-refractivity contribution is 0.790. The molecule has 0 aromatic rings. The Hall–Kier alpha value is -1.09. The third-order valence-electron chi connectivity index (χ3n) is 1.44. The Morgan fingerprint density at radius 2 is 2.40 bits per heavy atom. The maximum atomic E-state index is 5.03. The molecule has 1 aliphatic rings. The molecule has 1 atom stereocenters. The van der Waals surface area contributed by atoms with E-state index in [4.69, 9.17) is 5.84 Å². The third kappa shape index (κ3) is 1.45. The van der Waals surface area contributed by atoms with E-state index in [9.17, 15) is 0 Å². The summed E-state index contributed by atoms with van der Waals surface area (Å²) < 4.78 is 0. The molecule has 1 unspecified atom stereocenters. The normalized spacial score (nSPS) is 27.4. The van der Waals surface area contributed by atoms with Crippen molar-refractivity contribution in [2.24, 2.45) is 16.9 Å². The Morgan fingerprint density at radius 1 is 1.60 bits per heavy atom. The summed E-state index contributed by atoms with van der Waals surface area (Å²) >= 11 is 0. The molecule has 0 aromatic carbocycles. The van der Waals surface area contributed by atoms with E-state index in [1.807, 2.05) is 18.2 Å². The molecule has 0 saturated carbocycles. The quantitative estimate of drug-likeness (QED) is 0.410. The van der Waals surface area contributed by atoms with Crippen molar-refractivity contribution in [3.05, 3.63) is 24.3 Å². The van der Waals surface area contributed by atoms with Crippen LogP contribution < -0.4 is 11.4 Å². The maximum Gasteiger partial charge on any atom is 0.0684 e. The molecule has 0 heterocycles. The van der Waals surface area contributed by atoms with Crippen LogP contribution in [0, 0.1) is 5.92 Å². The van der Waals surface area contributed by atoms with E-state index in [0.717, 1.165) is 5.71 Å². The van der Waals surface area contributed by atoms with Gasteiger partial charge in [0, 0.05) is 5.92 Å². The van der Waals surface area contributed by atoms with Crippen LogP contribution in [0.3, 0.4) is 0 Å². The fourth-order valence-corrected chi connectivity index (χ4v) is 0.849. The molecule has 0 saturated heterocycles. The van der Waals surface area contributed by atoms with Crippen LogP contribution in [0.25, 0.3) is 0 Å². The van der Waals surface area contributed by atoms with Gasteiger partial charge in [0.1, 0.15) is 0 Å².